The summed E-state index contributed by atoms with van der Waals surface area (Å²) in [5.74, 6) is -0.411. The van der Waals surface area contributed by atoms with Gasteiger partial charge in [-0.05, 0) is 33.8 Å². The van der Waals surface area contributed by atoms with Crippen molar-refractivity contribution in [3.63, 3.8) is 0 Å². The Labute approximate surface area is 89.7 Å². The molecule has 1 aliphatic heterocycles. The van der Waals surface area contributed by atoms with Crippen LogP contribution in [-0.4, -0.2) is 24.0 Å². The molecule has 2 atom stereocenters. The van der Waals surface area contributed by atoms with Crippen molar-refractivity contribution in [2.45, 2.75) is 39.8 Å². The number of esters is 1. The Morgan fingerprint density at radius 3 is 2.53 bits per heavy atom. The molecule has 0 fully saturated rings. The van der Waals surface area contributed by atoms with Crippen molar-refractivity contribution < 1.29 is 14.3 Å². The number of nitrogens with one attached hydrogen (secondary N) is 1. The average Bonchev–Trinajstić information content (AvgIpc) is 2.08. The van der Waals surface area contributed by atoms with E-state index >= 15 is 0 Å². The second-order valence-electron chi connectivity index (χ2n) is 4.78. The molecular weight excluding hydrogens is 194 g/mol. The molecule has 0 saturated heterocycles. The molecule has 1 N–H and O–H groups in total. The number of rotatable bonds is 1. The predicted octanol–water partition coefficient (Wildman–Crippen LogP) is 1.02. The van der Waals surface area contributed by atoms with Crippen LogP contribution in [0.25, 0.3) is 0 Å². The van der Waals surface area contributed by atoms with Crippen LogP contribution in [0.1, 0.15) is 27.7 Å². The summed E-state index contributed by atoms with van der Waals surface area (Å²) in [6.07, 6.45) is 2.64. The molecule has 0 spiro atoms. The third kappa shape index (κ3) is 3.08. The lowest BCUT2D eigenvalue weighted by Crippen LogP contribution is -2.46. The van der Waals surface area contributed by atoms with Crippen molar-refractivity contribution in [1.82, 2.24) is 5.32 Å². The molecule has 0 aromatic carbocycles. The standard InChI is InChI=1S/C11H17NO3/c1-7-8(5-6-9(13)12-7)15-10(14)11(2,3)4/h5-8H,1-4H3,(H,12,13)/t7-,8+/m0/s1. The van der Waals surface area contributed by atoms with Gasteiger partial charge in [-0.1, -0.05) is 0 Å². The Kier molecular flexibility index (Phi) is 3.17. The van der Waals surface area contributed by atoms with Crippen LogP contribution < -0.4 is 5.32 Å². The van der Waals surface area contributed by atoms with Crippen molar-refractivity contribution in [1.29, 1.82) is 0 Å². The normalized spacial score (nSPS) is 26.0. The van der Waals surface area contributed by atoms with Gasteiger partial charge in [0.25, 0.3) is 0 Å². The molecule has 4 nitrogen and oxygen atoms in total. The van der Waals surface area contributed by atoms with Gasteiger partial charge in [-0.15, -0.1) is 0 Å². The number of carbonyl (C=O) groups is 2. The van der Waals surface area contributed by atoms with E-state index in [1.165, 1.54) is 6.08 Å². The Hall–Kier alpha value is -1.32. The van der Waals surface area contributed by atoms with Crippen LogP contribution in [-0.2, 0) is 14.3 Å². The fraction of sp³-hybridized carbons (Fsp3) is 0.636. The molecule has 0 unspecified atom stereocenters. The van der Waals surface area contributed by atoms with Gasteiger partial charge in [0.1, 0.15) is 6.10 Å². The van der Waals surface area contributed by atoms with Gasteiger partial charge < -0.3 is 10.1 Å². The van der Waals surface area contributed by atoms with Crippen LogP contribution in [0.3, 0.4) is 0 Å². The Morgan fingerprint density at radius 1 is 1.47 bits per heavy atom. The van der Waals surface area contributed by atoms with Crippen LogP contribution in [0, 0.1) is 5.41 Å². The van der Waals surface area contributed by atoms with E-state index in [1.54, 1.807) is 26.8 Å². The van der Waals surface area contributed by atoms with E-state index in [4.69, 9.17) is 4.74 Å². The van der Waals surface area contributed by atoms with Crippen LogP contribution >= 0.6 is 0 Å². The minimum atomic E-state index is -0.519. The lowest BCUT2D eigenvalue weighted by Gasteiger charge is -2.28. The first kappa shape index (κ1) is 11.8. The highest BCUT2D eigenvalue weighted by Gasteiger charge is 2.29. The fourth-order valence-corrected chi connectivity index (χ4v) is 1.15. The summed E-state index contributed by atoms with van der Waals surface area (Å²) in [6, 6.07) is -0.172. The molecule has 0 radical (unpaired) electrons. The highest BCUT2D eigenvalue weighted by Crippen LogP contribution is 2.18. The third-order valence-corrected chi connectivity index (χ3v) is 2.16. The number of ether oxygens (including phenoxy) is 1. The Balaban J connectivity index is 2.63. The van der Waals surface area contributed by atoms with E-state index in [0.29, 0.717) is 0 Å². The minimum absolute atomic E-state index is 0.148. The predicted molar refractivity (Wildman–Crippen MR) is 56.1 cm³/mol. The van der Waals surface area contributed by atoms with E-state index in [1.807, 2.05) is 6.92 Å². The van der Waals surface area contributed by atoms with Gasteiger partial charge >= 0.3 is 5.97 Å². The summed E-state index contributed by atoms with van der Waals surface area (Å²) >= 11 is 0. The summed E-state index contributed by atoms with van der Waals surface area (Å²) in [6.45, 7) is 7.20. The summed E-state index contributed by atoms with van der Waals surface area (Å²) in [7, 11) is 0. The van der Waals surface area contributed by atoms with Gasteiger partial charge in [0, 0.05) is 6.08 Å². The molecular formula is C11H17NO3. The second-order valence-corrected chi connectivity index (χ2v) is 4.78. The first-order valence-corrected chi connectivity index (χ1v) is 5.00. The lowest BCUT2D eigenvalue weighted by molar-refractivity contribution is -0.158. The Morgan fingerprint density at radius 2 is 2.07 bits per heavy atom. The summed E-state index contributed by atoms with van der Waals surface area (Å²) in [5, 5.41) is 2.68. The van der Waals surface area contributed by atoms with Crippen molar-refractivity contribution in [3.8, 4) is 0 Å². The molecule has 0 saturated carbocycles. The van der Waals surface area contributed by atoms with E-state index in [-0.39, 0.29) is 24.0 Å². The monoisotopic (exact) mass is 211 g/mol. The average molecular weight is 211 g/mol. The molecule has 15 heavy (non-hydrogen) atoms. The van der Waals surface area contributed by atoms with Gasteiger partial charge in [-0.2, -0.15) is 0 Å². The summed E-state index contributed by atoms with van der Waals surface area (Å²) in [4.78, 5) is 22.6. The van der Waals surface area contributed by atoms with Crippen LogP contribution in [0.4, 0.5) is 0 Å². The first-order valence-electron chi connectivity index (χ1n) is 5.00. The molecule has 4 heteroatoms. The van der Waals surface area contributed by atoms with Gasteiger partial charge in [0.2, 0.25) is 5.91 Å². The maximum absolute atomic E-state index is 11.6. The third-order valence-electron chi connectivity index (χ3n) is 2.16. The molecule has 0 aromatic rings. The van der Waals surface area contributed by atoms with Gasteiger partial charge in [0.05, 0.1) is 11.5 Å². The van der Waals surface area contributed by atoms with Gasteiger partial charge in [0.15, 0.2) is 0 Å². The summed E-state index contributed by atoms with van der Waals surface area (Å²) < 4.78 is 5.28. The Bertz CT molecular complexity index is 301. The van der Waals surface area contributed by atoms with E-state index in [2.05, 4.69) is 5.32 Å². The molecule has 0 aromatic heterocycles. The largest absolute Gasteiger partial charge is 0.456 e. The van der Waals surface area contributed by atoms with Gasteiger partial charge in [-0.25, -0.2) is 0 Å². The zero-order chi connectivity index (χ0) is 11.6. The molecule has 1 heterocycles. The molecule has 1 amide bonds. The zero-order valence-electron chi connectivity index (χ0n) is 9.53. The maximum Gasteiger partial charge on any atom is 0.311 e. The fourth-order valence-electron chi connectivity index (χ4n) is 1.15. The number of amides is 1. The van der Waals surface area contributed by atoms with Crippen molar-refractivity contribution in [2.75, 3.05) is 0 Å². The number of carbonyl (C=O) groups excluding carboxylic acids is 2. The molecule has 1 aliphatic rings. The van der Waals surface area contributed by atoms with E-state index in [0.717, 1.165) is 0 Å². The SMILES string of the molecule is C[C@@H]1NC(=O)C=C[C@H]1OC(=O)C(C)(C)C. The van der Waals surface area contributed by atoms with Crippen molar-refractivity contribution in [2.24, 2.45) is 5.41 Å². The lowest BCUT2D eigenvalue weighted by atomic mass is 9.97. The van der Waals surface area contributed by atoms with E-state index in [9.17, 15) is 9.59 Å². The van der Waals surface area contributed by atoms with Crippen molar-refractivity contribution >= 4 is 11.9 Å². The van der Waals surface area contributed by atoms with Gasteiger partial charge in [-0.3, -0.25) is 9.59 Å². The summed E-state index contributed by atoms with van der Waals surface area (Å²) in [5.41, 5.74) is -0.519. The quantitative estimate of drug-likeness (QED) is 0.659. The van der Waals surface area contributed by atoms with Crippen LogP contribution in [0.2, 0.25) is 0 Å². The maximum atomic E-state index is 11.6. The zero-order valence-corrected chi connectivity index (χ0v) is 9.53. The number of hydrogen-bond acceptors (Lipinski definition) is 3. The molecule has 1 rings (SSSR count). The molecule has 84 valence electrons. The highest BCUT2D eigenvalue weighted by atomic mass is 16.5. The van der Waals surface area contributed by atoms with Crippen LogP contribution in [0.5, 0.6) is 0 Å². The second kappa shape index (κ2) is 4.04. The topological polar surface area (TPSA) is 55.4 Å². The molecule has 0 bridgehead atoms. The minimum Gasteiger partial charge on any atom is -0.456 e. The smallest absolute Gasteiger partial charge is 0.311 e. The van der Waals surface area contributed by atoms with E-state index < -0.39 is 5.41 Å². The highest BCUT2D eigenvalue weighted by molar-refractivity contribution is 5.89. The number of hydrogen-bond donors (Lipinski definition) is 1. The first-order chi connectivity index (χ1) is 6.80. The van der Waals surface area contributed by atoms with Crippen LogP contribution in [0.15, 0.2) is 12.2 Å². The molecule has 0 aliphatic carbocycles. The van der Waals surface area contributed by atoms with Crippen molar-refractivity contribution in [3.05, 3.63) is 12.2 Å².